The standard InChI is InChI=1S/C26H22O5/c1-26(2)30-24(27)23(25(28)31-26)16-20-10-6-7-11-22(20)19-12-14-21(15-13-19)29-17-18-8-4-3-5-9-18/h3-16H,17H2,1-2H3. The fourth-order valence-electron chi connectivity index (χ4n) is 3.29. The summed E-state index contributed by atoms with van der Waals surface area (Å²) in [4.78, 5) is 24.6. The van der Waals surface area contributed by atoms with E-state index in [1.54, 1.807) is 0 Å². The molecule has 1 aliphatic heterocycles. The number of ether oxygens (including phenoxy) is 3. The van der Waals surface area contributed by atoms with E-state index in [0.29, 0.717) is 12.2 Å². The Morgan fingerprint density at radius 2 is 1.42 bits per heavy atom. The van der Waals surface area contributed by atoms with Gasteiger partial charge in [0.1, 0.15) is 17.9 Å². The molecule has 3 aromatic carbocycles. The van der Waals surface area contributed by atoms with Crippen molar-refractivity contribution in [1.82, 2.24) is 0 Å². The topological polar surface area (TPSA) is 61.8 Å². The van der Waals surface area contributed by atoms with Gasteiger partial charge in [-0.3, -0.25) is 0 Å². The largest absolute Gasteiger partial charge is 0.489 e. The Morgan fingerprint density at radius 3 is 2.10 bits per heavy atom. The third-order valence-corrected chi connectivity index (χ3v) is 4.79. The van der Waals surface area contributed by atoms with E-state index in [1.807, 2.05) is 78.9 Å². The Bertz CT molecular complexity index is 1110. The Hall–Kier alpha value is -3.86. The Kier molecular flexibility index (Phi) is 5.58. The molecule has 0 aromatic heterocycles. The van der Waals surface area contributed by atoms with Crippen LogP contribution in [0.25, 0.3) is 17.2 Å². The number of cyclic esters (lactones) is 2. The molecule has 1 heterocycles. The summed E-state index contributed by atoms with van der Waals surface area (Å²) < 4.78 is 16.2. The molecule has 0 spiro atoms. The van der Waals surface area contributed by atoms with Crippen molar-refractivity contribution in [2.75, 3.05) is 0 Å². The Balaban J connectivity index is 1.56. The van der Waals surface area contributed by atoms with E-state index in [2.05, 4.69) is 0 Å². The zero-order valence-corrected chi connectivity index (χ0v) is 17.3. The molecule has 4 rings (SSSR count). The highest BCUT2D eigenvalue weighted by atomic mass is 16.7. The quantitative estimate of drug-likeness (QED) is 0.328. The van der Waals surface area contributed by atoms with E-state index in [9.17, 15) is 9.59 Å². The molecular formula is C26H22O5. The van der Waals surface area contributed by atoms with Crippen LogP contribution >= 0.6 is 0 Å². The second-order valence-electron chi connectivity index (χ2n) is 7.62. The molecule has 0 aliphatic carbocycles. The van der Waals surface area contributed by atoms with Gasteiger partial charge in [0.05, 0.1) is 0 Å². The molecule has 156 valence electrons. The van der Waals surface area contributed by atoms with Crippen LogP contribution in [-0.2, 0) is 25.7 Å². The van der Waals surface area contributed by atoms with Gasteiger partial charge < -0.3 is 14.2 Å². The van der Waals surface area contributed by atoms with Gasteiger partial charge in [0.2, 0.25) is 0 Å². The van der Waals surface area contributed by atoms with Crippen molar-refractivity contribution in [3.63, 3.8) is 0 Å². The van der Waals surface area contributed by atoms with Crippen LogP contribution in [0.5, 0.6) is 5.75 Å². The lowest BCUT2D eigenvalue weighted by molar-refractivity contribution is -0.222. The van der Waals surface area contributed by atoms with Crippen LogP contribution in [0.4, 0.5) is 0 Å². The number of hydrogen-bond acceptors (Lipinski definition) is 5. The van der Waals surface area contributed by atoms with E-state index in [-0.39, 0.29) is 5.57 Å². The van der Waals surface area contributed by atoms with Gasteiger partial charge in [-0.05, 0) is 40.5 Å². The first-order valence-corrected chi connectivity index (χ1v) is 9.96. The third kappa shape index (κ3) is 4.83. The predicted molar refractivity (Wildman–Crippen MR) is 117 cm³/mol. The van der Waals surface area contributed by atoms with Crippen LogP contribution in [0.1, 0.15) is 25.0 Å². The van der Waals surface area contributed by atoms with E-state index in [1.165, 1.54) is 19.9 Å². The van der Waals surface area contributed by atoms with E-state index in [4.69, 9.17) is 14.2 Å². The van der Waals surface area contributed by atoms with Crippen molar-refractivity contribution in [3.8, 4) is 16.9 Å². The number of benzene rings is 3. The summed E-state index contributed by atoms with van der Waals surface area (Å²) in [6.45, 7) is 3.54. The van der Waals surface area contributed by atoms with Gasteiger partial charge in [-0.2, -0.15) is 0 Å². The highest BCUT2D eigenvalue weighted by Gasteiger charge is 2.38. The van der Waals surface area contributed by atoms with Crippen LogP contribution in [0, 0.1) is 0 Å². The molecule has 0 amide bonds. The molecule has 0 unspecified atom stereocenters. The molecule has 1 saturated heterocycles. The molecule has 0 bridgehead atoms. The monoisotopic (exact) mass is 414 g/mol. The van der Waals surface area contributed by atoms with E-state index < -0.39 is 17.7 Å². The zero-order valence-electron chi connectivity index (χ0n) is 17.3. The van der Waals surface area contributed by atoms with Gasteiger partial charge in [0.15, 0.2) is 0 Å². The van der Waals surface area contributed by atoms with Crippen LogP contribution in [0.15, 0.2) is 84.4 Å². The molecule has 0 N–H and O–H groups in total. The second kappa shape index (κ2) is 8.48. The van der Waals surface area contributed by atoms with Crippen LogP contribution in [0.2, 0.25) is 0 Å². The van der Waals surface area contributed by atoms with Crippen LogP contribution in [0.3, 0.4) is 0 Å². The van der Waals surface area contributed by atoms with Gasteiger partial charge in [0.25, 0.3) is 5.79 Å². The minimum atomic E-state index is -1.26. The third-order valence-electron chi connectivity index (χ3n) is 4.79. The summed E-state index contributed by atoms with van der Waals surface area (Å²) in [5.41, 5.74) is 3.48. The van der Waals surface area contributed by atoms with Gasteiger partial charge in [-0.15, -0.1) is 0 Å². The highest BCUT2D eigenvalue weighted by Crippen LogP contribution is 2.30. The lowest BCUT2D eigenvalue weighted by atomic mass is 9.97. The summed E-state index contributed by atoms with van der Waals surface area (Å²) in [6.07, 6.45) is 1.51. The highest BCUT2D eigenvalue weighted by molar-refractivity contribution is 6.19. The molecule has 0 radical (unpaired) electrons. The van der Waals surface area contributed by atoms with Crippen molar-refractivity contribution < 1.29 is 23.8 Å². The minimum Gasteiger partial charge on any atom is -0.489 e. The lowest BCUT2D eigenvalue weighted by Crippen LogP contribution is -2.41. The van der Waals surface area contributed by atoms with Crippen molar-refractivity contribution in [2.45, 2.75) is 26.2 Å². The number of rotatable bonds is 5. The fraction of sp³-hybridized carbons (Fsp3) is 0.154. The normalized spacial score (nSPS) is 15.1. The molecule has 3 aromatic rings. The molecule has 0 atom stereocenters. The lowest BCUT2D eigenvalue weighted by Gasteiger charge is -2.29. The summed E-state index contributed by atoms with van der Waals surface area (Å²) in [5, 5.41) is 0. The number of esters is 2. The number of carbonyl (C=O) groups excluding carboxylic acids is 2. The van der Waals surface area contributed by atoms with Crippen molar-refractivity contribution in [1.29, 1.82) is 0 Å². The average Bonchev–Trinajstić information content (AvgIpc) is 2.76. The van der Waals surface area contributed by atoms with Gasteiger partial charge >= 0.3 is 11.9 Å². The van der Waals surface area contributed by atoms with Crippen LogP contribution < -0.4 is 4.74 Å². The van der Waals surface area contributed by atoms with Gasteiger partial charge in [-0.1, -0.05) is 66.7 Å². The Labute approximate surface area is 180 Å². The summed E-state index contributed by atoms with van der Waals surface area (Å²) in [5.74, 6) is -1.90. The summed E-state index contributed by atoms with van der Waals surface area (Å²) in [6, 6.07) is 25.1. The maximum Gasteiger partial charge on any atom is 0.348 e. The first kappa shape index (κ1) is 20.4. The van der Waals surface area contributed by atoms with E-state index >= 15 is 0 Å². The van der Waals surface area contributed by atoms with Crippen LogP contribution in [-0.4, -0.2) is 17.7 Å². The first-order chi connectivity index (χ1) is 14.9. The molecule has 1 fully saturated rings. The van der Waals surface area contributed by atoms with Gasteiger partial charge in [0, 0.05) is 13.8 Å². The molecule has 5 nitrogen and oxygen atoms in total. The fourth-order valence-corrected chi connectivity index (χ4v) is 3.29. The summed E-state index contributed by atoms with van der Waals surface area (Å²) >= 11 is 0. The maximum atomic E-state index is 12.3. The SMILES string of the molecule is CC1(C)OC(=O)C(=Cc2ccccc2-c2ccc(OCc3ccccc3)cc2)C(=O)O1. The minimum absolute atomic E-state index is 0.130. The molecule has 0 saturated carbocycles. The maximum absolute atomic E-state index is 12.3. The number of carbonyl (C=O) groups is 2. The van der Waals surface area contributed by atoms with Gasteiger partial charge in [-0.25, -0.2) is 9.59 Å². The summed E-state index contributed by atoms with van der Waals surface area (Å²) in [7, 11) is 0. The number of hydrogen-bond donors (Lipinski definition) is 0. The first-order valence-electron chi connectivity index (χ1n) is 9.96. The van der Waals surface area contributed by atoms with E-state index in [0.717, 1.165) is 22.4 Å². The smallest absolute Gasteiger partial charge is 0.348 e. The molecular weight excluding hydrogens is 392 g/mol. The average molecular weight is 414 g/mol. The van der Waals surface area contributed by atoms with Crippen molar-refractivity contribution in [2.24, 2.45) is 0 Å². The molecule has 31 heavy (non-hydrogen) atoms. The Morgan fingerprint density at radius 1 is 0.806 bits per heavy atom. The molecule has 5 heteroatoms. The zero-order chi connectivity index (χ0) is 21.8. The second-order valence-corrected chi connectivity index (χ2v) is 7.62. The van der Waals surface area contributed by atoms with Crippen molar-refractivity contribution >= 4 is 18.0 Å². The van der Waals surface area contributed by atoms with Crippen molar-refractivity contribution in [3.05, 3.63) is 95.6 Å². The predicted octanol–water partition coefficient (Wildman–Crippen LogP) is 5.15. The molecule has 1 aliphatic rings.